The molecule has 0 aliphatic heterocycles. The summed E-state index contributed by atoms with van der Waals surface area (Å²) in [5.74, 6) is -0.0525. The number of alkyl halides is 1. The lowest BCUT2D eigenvalue weighted by atomic mass is 10.2. The summed E-state index contributed by atoms with van der Waals surface area (Å²) in [5.41, 5.74) is 1.96. The number of aromatic nitrogens is 2. The highest BCUT2D eigenvalue weighted by Crippen LogP contribution is 2.09. The second-order valence-electron chi connectivity index (χ2n) is 2.80. The van der Waals surface area contributed by atoms with Gasteiger partial charge in [0.15, 0.2) is 5.78 Å². The highest BCUT2D eigenvalue weighted by molar-refractivity contribution is 9.09. The highest BCUT2D eigenvalue weighted by atomic mass is 79.9. The number of Topliss-reactive ketones (excluding diaryl/α,β-unsaturated/α-hetero) is 1. The molecule has 4 heteroatoms. The fourth-order valence-electron chi connectivity index (χ4n) is 1.16. The Kier molecular flexibility index (Phi) is 2.54. The smallest absolute Gasteiger partial charge is 0.193 e. The summed E-state index contributed by atoms with van der Waals surface area (Å²) in [4.78, 5) is 19.7. The standard InChI is InChI=1S/C10H7BrN2O/c11-5-10(14)9-6-12-7-3-1-2-4-8(7)13-9/h1-4,6H,5H2. The molecule has 70 valence electrons. The van der Waals surface area contributed by atoms with Crippen LogP contribution in [-0.2, 0) is 0 Å². The summed E-state index contributed by atoms with van der Waals surface area (Å²) in [6.45, 7) is 0. The first kappa shape index (κ1) is 9.27. The molecule has 1 heterocycles. The van der Waals surface area contributed by atoms with Crippen LogP contribution in [0.5, 0.6) is 0 Å². The second kappa shape index (κ2) is 3.84. The number of ketones is 1. The molecular formula is C10H7BrN2O. The molecule has 0 aliphatic rings. The molecule has 0 bridgehead atoms. The molecule has 2 rings (SSSR count). The first-order valence-electron chi connectivity index (χ1n) is 4.12. The SMILES string of the molecule is O=C(CBr)c1cnc2ccccc2n1. The maximum atomic E-state index is 11.3. The second-order valence-corrected chi connectivity index (χ2v) is 3.36. The van der Waals surface area contributed by atoms with Gasteiger partial charge in [0, 0.05) is 0 Å². The van der Waals surface area contributed by atoms with E-state index in [0.717, 1.165) is 11.0 Å². The molecule has 0 amide bonds. The lowest BCUT2D eigenvalue weighted by Crippen LogP contribution is -2.03. The van der Waals surface area contributed by atoms with Crippen LogP contribution in [0.15, 0.2) is 30.5 Å². The molecule has 0 spiro atoms. The van der Waals surface area contributed by atoms with Gasteiger partial charge in [0.25, 0.3) is 0 Å². The molecule has 0 atom stereocenters. The molecule has 0 N–H and O–H groups in total. The number of carbonyl (C=O) groups excluding carboxylic acids is 1. The van der Waals surface area contributed by atoms with Gasteiger partial charge in [-0.1, -0.05) is 28.1 Å². The molecule has 0 fully saturated rings. The van der Waals surface area contributed by atoms with Crippen molar-refractivity contribution in [2.24, 2.45) is 0 Å². The summed E-state index contributed by atoms with van der Waals surface area (Å²) in [6.07, 6.45) is 1.51. The molecular weight excluding hydrogens is 244 g/mol. The Hall–Kier alpha value is -1.29. The van der Waals surface area contributed by atoms with E-state index in [1.165, 1.54) is 6.20 Å². The van der Waals surface area contributed by atoms with Crippen LogP contribution >= 0.6 is 15.9 Å². The Balaban J connectivity index is 2.56. The van der Waals surface area contributed by atoms with Crippen LogP contribution in [0, 0.1) is 0 Å². The van der Waals surface area contributed by atoms with Gasteiger partial charge in [-0.3, -0.25) is 9.78 Å². The van der Waals surface area contributed by atoms with Crippen LogP contribution in [0.1, 0.15) is 10.5 Å². The van der Waals surface area contributed by atoms with E-state index >= 15 is 0 Å². The Morgan fingerprint density at radius 3 is 2.71 bits per heavy atom. The zero-order valence-electron chi connectivity index (χ0n) is 7.27. The number of halogens is 1. The van der Waals surface area contributed by atoms with Crippen LogP contribution in [0.3, 0.4) is 0 Å². The van der Waals surface area contributed by atoms with Gasteiger partial charge in [-0.05, 0) is 12.1 Å². The van der Waals surface area contributed by atoms with E-state index in [9.17, 15) is 4.79 Å². The molecule has 0 unspecified atom stereocenters. The number of carbonyl (C=O) groups is 1. The van der Waals surface area contributed by atoms with E-state index in [1.807, 2.05) is 24.3 Å². The maximum Gasteiger partial charge on any atom is 0.193 e. The third-order valence-corrected chi connectivity index (χ3v) is 2.36. The first-order valence-corrected chi connectivity index (χ1v) is 5.24. The zero-order valence-corrected chi connectivity index (χ0v) is 8.86. The quantitative estimate of drug-likeness (QED) is 0.607. The lowest BCUT2D eigenvalue weighted by Gasteiger charge is -1.98. The molecule has 0 saturated carbocycles. The van der Waals surface area contributed by atoms with Gasteiger partial charge >= 0.3 is 0 Å². The van der Waals surface area contributed by atoms with E-state index in [-0.39, 0.29) is 11.1 Å². The number of hydrogen-bond acceptors (Lipinski definition) is 3. The van der Waals surface area contributed by atoms with Crippen LogP contribution in [0.2, 0.25) is 0 Å². The molecule has 0 saturated heterocycles. The summed E-state index contributed by atoms with van der Waals surface area (Å²) in [6, 6.07) is 7.47. The van der Waals surface area contributed by atoms with Crippen molar-refractivity contribution in [2.75, 3.05) is 5.33 Å². The Bertz CT molecular complexity index is 484. The van der Waals surface area contributed by atoms with E-state index in [1.54, 1.807) is 0 Å². The van der Waals surface area contributed by atoms with Gasteiger partial charge < -0.3 is 0 Å². The van der Waals surface area contributed by atoms with Gasteiger partial charge in [-0.2, -0.15) is 0 Å². The third-order valence-electron chi connectivity index (χ3n) is 1.86. The monoisotopic (exact) mass is 250 g/mol. The highest BCUT2D eigenvalue weighted by Gasteiger charge is 2.06. The number of para-hydroxylation sites is 2. The van der Waals surface area contributed by atoms with Crippen LogP contribution in [0.4, 0.5) is 0 Å². The number of hydrogen-bond donors (Lipinski definition) is 0. The molecule has 14 heavy (non-hydrogen) atoms. The summed E-state index contributed by atoms with van der Waals surface area (Å²) >= 11 is 3.10. The van der Waals surface area contributed by atoms with Gasteiger partial charge in [0.2, 0.25) is 0 Å². The van der Waals surface area contributed by atoms with E-state index in [2.05, 4.69) is 25.9 Å². The van der Waals surface area contributed by atoms with Crippen molar-refractivity contribution in [1.82, 2.24) is 9.97 Å². The summed E-state index contributed by atoms with van der Waals surface area (Å²) in [7, 11) is 0. The third kappa shape index (κ3) is 1.65. The van der Waals surface area contributed by atoms with Crippen molar-refractivity contribution in [2.45, 2.75) is 0 Å². The zero-order chi connectivity index (χ0) is 9.97. The van der Waals surface area contributed by atoms with Crippen LogP contribution < -0.4 is 0 Å². The number of fused-ring (bicyclic) bond motifs is 1. The average Bonchev–Trinajstić information content (AvgIpc) is 2.27. The first-order chi connectivity index (χ1) is 6.81. The number of benzene rings is 1. The van der Waals surface area contributed by atoms with Gasteiger partial charge in [-0.25, -0.2) is 4.98 Å². The van der Waals surface area contributed by atoms with Crippen molar-refractivity contribution >= 4 is 32.7 Å². The van der Waals surface area contributed by atoms with E-state index < -0.39 is 0 Å². The summed E-state index contributed by atoms with van der Waals surface area (Å²) in [5, 5.41) is 0.278. The molecule has 3 nitrogen and oxygen atoms in total. The molecule has 0 radical (unpaired) electrons. The number of nitrogens with zero attached hydrogens (tertiary/aromatic N) is 2. The van der Waals surface area contributed by atoms with Gasteiger partial charge in [0.1, 0.15) is 5.69 Å². The predicted octanol–water partition coefficient (Wildman–Crippen LogP) is 2.21. The van der Waals surface area contributed by atoms with Gasteiger partial charge in [0.05, 0.1) is 22.6 Å². The van der Waals surface area contributed by atoms with Crippen molar-refractivity contribution in [3.8, 4) is 0 Å². The fraction of sp³-hybridized carbons (Fsp3) is 0.100. The fourth-order valence-corrected chi connectivity index (χ4v) is 1.45. The van der Waals surface area contributed by atoms with Crippen molar-refractivity contribution in [3.63, 3.8) is 0 Å². The Morgan fingerprint density at radius 2 is 2.00 bits per heavy atom. The average molecular weight is 251 g/mol. The summed E-state index contributed by atoms with van der Waals surface area (Å²) < 4.78 is 0. The van der Waals surface area contributed by atoms with Crippen LogP contribution in [-0.4, -0.2) is 21.1 Å². The molecule has 1 aromatic carbocycles. The van der Waals surface area contributed by atoms with Crippen molar-refractivity contribution < 1.29 is 4.79 Å². The van der Waals surface area contributed by atoms with E-state index in [4.69, 9.17) is 0 Å². The topological polar surface area (TPSA) is 42.9 Å². The van der Waals surface area contributed by atoms with Crippen molar-refractivity contribution in [3.05, 3.63) is 36.2 Å². The predicted molar refractivity (Wildman–Crippen MR) is 57.7 cm³/mol. The minimum Gasteiger partial charge on any atom is -0.291 e. The van der Waals surface area contributed by atoms with Crippen molar-refractivity contribution in [1.29, 1.82) is 0 Å². The number of rotatable bonds is 2. The van der Waals surface area contributed by atoms with Gasteiger partial charge in [-0.15, -0.1) is 0 Å². The minimum atomic E-state index is -0.0525. The maximum absolute atomic E-state index is 11.3. The van der Waals surface area contributed by atoms with Crippen LogP contribution in [0.25, 0.3) is 11.0 Å². The molecule has 0 aliphatic carbocycles. The van der Waals surface area contributed by atoms with E-state index in [0.29, 0.717) is 5.69 Å². The normalized spacial score (nSPS) is 10.4. The lowest BCUT2D eigenvalue weighted by molar-refractivity contribution is 0.101. The minimum absolute atomic E-state index is 0.0525. The molecule has 2 aromatic rings. The largest absolute Gasteiger partial charge is 0.291 e. The Morgan fingerprint density at radius 1 is 1.29 bits per heavy atom. The molecule has 1 aromatic heterocycles. The Labute approximate surface area is 89.3 Å².